The summed E-state index contributed by atoms with van der Waals surface area (Å²) in [6, 6.07) is 13.4. The van der Waals surface area contributed by atoms with E-state index in [-0.39, 0.29) is 24.0 Å². The van der Waals surface area contributed by atoms with Crippen LogP contribution in [0.2, 0.25) is 0 Å². The fourth-order valence-corrected chi connectivity index (χ4v) is 4.40. The molecular weight excluding hydrogens is 394 g/mol. The highest BCUT2D eigenvalue weighted by Gasteiger charge is 2.30. The molecular formula is C25H27NO5. The Morgan fingerprint density at radius 2 is 1.81 bits per heavy atom. The van der Waals surface area contributed by atoms with Crippen LogP contribution in [0.4, 0.5) is 0 Å². The zero-order valence-corrected chi connectivity index (χ0v) is 18.1. The van der Waals surface area contributed by atoms with Crippen molar-refractivity contribution in [1.29, 1.82) is 0 Å². The SMILES string of the molecule is COc1ccc([C@@H]2CCCN2C(=O)CCc2c(C)c3ccc(OC)cc3oc2=O)cc1. The van der Waals surface area contributed by atoms with Gasteiger partial charge in [-0.25, -0.2) is 4.79 Å². The maximum Gasteiger partial charge on any atom is 0.339 e. The average molecular weight is 421 g/mol. The van der Waals surface area contributed by atoms with Crippen LogP contribution in [0.25, 0.3) is 11.0 Å². The molecule has 6 heteroatoms. The fourth-order valence-electron chi connectivity index (χ4n) is 4.40. The number of methoxy groups -OCH3 is 2. The first-order valence-corrected chi connectivity index (χ1v) is 10.6. The number of hydrogen-bond donors (Lipinski definition) is 0. The number of nitrogens with zero attached hydrogens (tertiary/aromatic N) is 1. The Hall–Kier alpha value is -3.28. The van der Waals surface area contributed by atoms with Crippen LogP contribution >= 0.6 is 0 Å². The van der Waals surface area contributed by atoms with Gasteiger partial charge in [-0.2, -0.15) is 0 Å². The summed E-state index contributed by atoms with van der Waals surface area (Å²) in [7, 11) is 3.21. The lowest BCUT2D eigenvalue weighted by atomic mass is 10.0. The van der Waals surface area contributed by atoms with Crippen LogP contribution in [0, 0.1) is 6.92 Å². The van der Waals surface area contributed by atoms with Crippen molar-refractivity contribution < 1.29 is 18.7 Å². The maximum atomic E-state index is 13.0. The Labute approximate surface area is 181 Å². The van der Waals surface area contributed by atoms with E-state index in [4.69, 9.17) is 13.9 Å². The molecule has 31 heavy (non-hydrogen) atoms. The lowest BCUT2D eigenvalue weighted by molar-refractivity contribution is -0.132. The number of likely N-dealkylation sites (tertiary alicyclic amines) is 1. The smallest absolute Gasteiger partial charge is 0.339 e. The van der Waals surface area contributed by atoms with Gasteiger partial charge in [0.1, 0.15) is 17.1 Å². The summed E-state index contributed by atoms with van der Waals surface area (Å²) in [5, 5.41) is 0.861. The van der Waals surface area contributed by atoms with Gasteiger partial charge in [-0.1, -0.05) is 12.1 Å². The van der Waals surface area contributed by atoms with Crippen molar-refractivity contribution in [1.82, 2.24) is 4.90 Å². The molecule has 1 amide bonds. The van der Waals surface area contributed by atoms with E-state index in [0.29, 0.717) is 23.3 Å². The highest BCUT2D eigenvalue weighted by molar-refractivity contribution is 5.83. The molecule has 0 bridgehead atoms. The number of benzene rings is 2. The van der Waals surface area contributed by atoms with Crippen LogP contribution in [0.3, 0.4) is 0 Å². The molecule has 1 aromatic heterocycles. The molecule has 1 saturated heterocycles. The Balaban J connectivity index is 1.51. The molecule has 0 spiro atoms. The van der Waals surface area contributed by atoms with Gasteiger partial charge in [-0.15, -0.1) is 0 Å². The van der Waals surface area contributed by atoms with E-state index in [0.717, 1.165) is 41.6 Å². The molecule has 0 N–H and O–H groups in total. The average Bonchev–Trinajstić information content (AvgIpc) is 3.28. The molecule has 0 unspecified atom stereocenters. The van der Waals surface area contributed by atoms with Crippen molar-refractivity contribution in [3.8, 4) is 11.5 Å². The Bertz CT molecular complexity index is 1150. The van der Waals surface area contributed by atoms with Crippen molar-refractivity contribution in [2.24, 2.45) is 0 Å². The number of rotatable bonds is 6. The molecule has 1 aliphatic heterocycles. The number of fused-ring (bicyclic) bond motifs is 1. The molecule has 0 aliphatic carbocycles. The summed E-state index contributed by atoms with van der Waals surface area (Å²) in [6.07, 6.45) is 2.55. The summed E-state index contributed by atoms with van der Waals surface area (Å²) < 4.78 is 16.0. The number of aryl methyl sites for hydroxylation is 1. The Morgan fingerprint density at radius 1 is 1.10 bits per heavy atom. The first-order valence-electron chi connectivity index (χ1n) is 10.6. The predicted molar refractivity (Wildman–Crippen MR) is 119 cm³/mol. The van der Waals surface area contributed by atoms with Gasteiger partial charge >= 0.3 is 5.63 Å². The highest BCUT2D eigenvalue weighted by Crippen LogP contribution is 2.33. The molecule has 0 saturated carbocycles. The molecule has 1 fully saturated rings. The third kappa shape index (κ3) is 4.15. The summed E-state index contributed by atoms with van der Waals surface area (Å²) in [4.78, 5) is 27.6. The molecule has 2 heterocycles. The van der Waals surface area contributed by atoms with Gasteiger partial charge in [0.25, 0.3) is 0 Å². The second kappa shape index (κ2) is 8.84. The monoisotopic (exact) mass is 421 g/mol. The molecule has 6 nitrogen and oxygen atoms in total. The Morgan fingerprint density at radius 3 is 2.52 bits per heavy atom. The van der Waals surface area contributed by atoms with Gasteiger partial charge in [0.05, 0.1) is 20.3 Å². The topological polar surface area (TPSA) is 69.0 Å². The molecule has 162 valence electrons. The normalized spacial score (nSPS) is 16.0. The summed E-state index contributed by atoms with van der Waals surface area (Å²) in [5.41, 5.74) is 2.64. The molecule has 0 radical (unpaired) electrons. The van der Waals surface area contributed by atoms with Gasteiger partial charge < -0.3 is 18.8 Å². The molecule has 1 aliphatic rings. The van der Waals surface area contributed by atoms with Gasteiger partial charge in [0, 0.05) is 30.0 Å². The summed E-state index contributed by atoms with van der Waals surface area (Å²) >= 11 is 0. The van der Waals surface area contributed by atoms with E-state index in [1.54, 1.807) is 20.3 Å². The van der Waals surface area contributed by atoms with Crippen LogP contribution in [-0.2, 0) is 11.2 Å². The third-order valence-electron chi connectivity index (χ3n) is 6.16. The second-order valence-electron chi connectivity index (χ2n) is 7.87. The minimum Gasteiger partial charge on any atom is -0.497 e. The number of carbonyl (C=O) groups is 1. The highest BCUT2D eigenvalue weighted by atomic mass is 16.5. The first kappa shape index (κ1) is 21.0. The van der Waals surface area contributed by atoms with Gasteiger partial charge in [0.15, 0.2) is 0 Å². The molecule has 2 aromatic carbocycles. The largest absolute Gasteiger partial charge is 0.497 e. The molecule has 3 aromatic rings. The Kier molecular flexibility index (Phi) is 5.98. The number of amides is 1. The van der Waals surface area contributed by atoms with Gasteiger partial charge in [-0.3, -0.25) is 4.79 Å². The minimum atomic E-state index is -0.390. The molecule has 4 rings (SSSR count). The zero-order chi connectivity index (χ0) is 22.0. The van der Waals surface area contributed by atoms with Crippen molar-refractivity contribution in [2.75, 3.05) is 20.8 Å². The van der Waals surface area contributed by atoms with E-state index in [1.807, 2.05) is 48.2 Å². The van der Waals surface area contributed by atoms with E-state index >= 15 is 0 Å². The van der Waals surface area contributed by atoms with Crippen LogP contribution in [0.5, 0.6) is 11.5 Å². The minimum absolute atomic E-state index is 0.0620. The van der Waals surface area contributed by atoms with E-state index in [2.05, 4.69) is 0 Å². The summed E-state index contributed by atoms with van der Waals surface area (Å²) in [6.45, 7) is 2.64. The predicted octanol–water partition coefficient (Wildman–Crippen LogP) is 4.41. The van der Waals surface area contributed by atoms with Crippen molar-refractivity contribution in [2.45, 2.75) is 38.6 Å². The molecule has 1 atom stereocenters. The van der Waals surface area contributed by atoms with Crippen LogP contribution in [0.15, 0.2) is 51.7 Å². The summed E-state index contributed by atoms with van der Waals surface area (Å²) in [5.74, 6) is 1.50. The van der Waals surface area contributed by atoms with E-state index < -0.39 is 0 Å². The van der Waals surface area contributed by atoms with Crippen molar-refractivity contribution in [3.05, 3.63) is 69.6 Å². The lowest BCUT2D eigenvalue weighted by Crippen LogP contribution is -2.31. The van der Waals surface area contributed by atoms with E-state index in [9.17, 15) is 9.59 Å². The lowest BCUT2D eigenvalue weighted by Gasteiger charge is -2.25. The van der Waals surface area contributed by atoms with Gasteiger partial charge in [-0.05, 0) is 61.6 Å². The zero-order valence-electron chi connectivity index (χ0n) is 18.1. The standard InChI is InChI=1S/C25H27NO5/c1-16-20-11-10-19(30-3)15-23(20)31-25(28)21(16)12-13-24(27)26-14-4-5-22(26)17-6-8-18(29-2)9-7-17/h6-11,15,22H,4-5,12-14H2,1-3H3/t22-/m0/s1. The van der Waals surface area contributed by atoms with Crippen LogP contribution in [0.1, 0.15) is 42.0 Å². The first-order chi connectivity index (χ1) is 15.0. The number of carbonyl (C=O) groups excluding carboxylic acids is 1. The third-order valence-corrected chi connectivity index (χ3v) is 6.16. The van der Waals surface area contributed by atoms with Crippen LogP contribution < -0.4 is 15.1 Å². The van der Waals surface area contributed by atoms with Crippen LogP contribution in [-0.4, -0.2) is 31.6 Å². The van der Waals surface area contributed by atoms with Crippen molar-refractivity contribution >= 4 is 16.9 Å². The van der Waals surface area contributed by atoms with Crippen molar-refractivity contribution in [3.63, 3.8) is 0 Å². The number of hydrogen-bond acceptors (Lipinski definition) is 5. The quantitative estimate of drug-likeness (QED) is 0.551. The maximum absolute atomic E-state index is 13.0. The number of ether oxygens (including phenoxy) is 2. The second-order valence-corrected chi connectivity index (χ2v) is 7.87. The van der Waals surface area contributed by atoms with Gasteiger partial charge in [0.2, 0.25) is 5.91 Å². The fraction of sp³-hybridized carbons (Fsp3) is 0.360. The van der Waals surface area contributed by atoms with E-state index in [1.165, 1.54) is 0 Å².